The molecule has 4 amide bonds. The Morgan fingerprint density at radius 1 is 1.02 bits per heavy atom. The number of thiazole rings is 1. The molecule has 0 aliphatic carbocycles. The average Bonchev–Trinajstić information content (AvgIpc) is 3.90. The molecule has 0 saturated carbocycles. The Hall–Kier alpha value is -4.33. The van der Waals surface area contributed by atoms with Gasteiger partial charge in [0.25, 0.3) is 5.91 Å². The van der Waals surface area contributed by atoms with Gasteiger partial charge in [-0.05, 0) is 50.2 Å². The Morgan fingerprint density at radius 3 is 2.57 bits per heavy atom. The van der Waals surface area contributed by atoms with E-state index in [9.17, 15) is 23.6 Å². The first-order valence-electron chi connectivity index (χ1n) is 18.0. The molecule has 276 valence electrons. The molecule has 0 unspecified atom stereocenters. The number of rotatable bonds is 4. The fraction of sp³-hybridized carbons (Fsp3) is 0.568. The maximum atomic E-state index is 14.4. The molecule has 1 aromatic carbocycles. The second kappa shape index (κ2) is 18.2. The number of hydrogen-bond donors (Lipinski definition) is 2. The van der Waals surface area contributed by atoms with E-state index in [1.54, 1.807) is 18.6 Å². The van der Waals surface area contributed by atoms with E-state index in [0.29, 0.717) is 50.2 Å². The van der Waals surface area contributed by atoms with E-state index in [-0.39, 0.29) is 48.0 Å². The summed E-state index contributed by atoms with van der Waals surface area (Å²) in [6, 6.07) is 2.86. The van der Waals surface area contributed by atoms with Gasteiger partial charge in [-0.1, -0.05) is 44.7 Å². The molecule has 0 spiro atoms. The number of aromatic nitrogens is 2. The molecular formula is C37H49FN6O6S. The summed E-state index contributed by atoms with van der Waals surface area (Å²) >= 11 is 1.42. The lowest BCUT2D eigenvalue weighted by Crippen LogP contribution is -2.57. The quantitative estimate of drug-likeness (QED) is 0.380. The van der Waals surface area contributed by atoms with E-state index in [0.717, 1.165) is 56.4 Å². The number of nitrogens with one attached hydrogen (secondary N) is 2. The van der Waals surface area contributed by atoms with Gasteiger partial charge in [0.05, 0.1) is 16.8 Å². The van der Waals surface area contributed by atoms with Crippen LogP contribution < -0.4 is 15.4 Å². The summed E-state index contributed by atoms with van der Waals surface area (Å²) in [5.41, 5.74) is 2.99. The molecule has 12 nitrogen and oxygen atoms in total. The average molecular weight is 725 g/mol. The van der Waals surface area contributed by atoms with Gasteiger partial charge in [0, 0.05) is 50.5 Å². The second-order valence-corrected chi connectivity index (χ2v) is 14.6. The number of ether oxygens (including phenoxy) is 1. The van der Waals surface area contributed by atoms with Crippen LogP contribution in [0.4, 0.5) is 4.39 Å². The molecule has 5 rings (SSSR count). The molecule has 1 saturated heterocycles. The van der Waals surface area contributed by atoms with E-state index in [4.69, 9.17) is 9.26 Å². The van der Waals surface area contributed by atoms with Gasteiger partial charge in [-0.3, -0.25) is 19.2 Å². The highest BCUT2D eigenvalue weighted by atomic mass is 32.1. The van der Waals surface area contributed by atoms with E-state index in [1.165, 1.54) is 27.2 Å². The molecule has 2 N–H and O–H groups in total. The van der Waals surface area contributed by atoms with Crippen molar-refractivity contribution in [1.82, 2.24) is 30.6 Å². The van der Waals surface area contributed by atoms with Crippen molar-refractivity contribution in [2.24, 2.45) is 5.92 Å². The maximum Gasteiger partial charge on any atom is 0.255 e. The topological polar surface area (TPSA) is 147 Å². The van der Waals surface area contributed by atoms with E-state index in [1.807, 2.05) is 19.2 Å². The lowest BCUT2D eigenvalue weighted by molar-refractivity contribution is -0.147. The highest BCUT2D eigenvalue weighted by molar-refractivity contribution is 7.07. The molecule has 3 atom stereocenters. The summed E-state index contributed by atoms with van der Waals surface area (Å²) in [7, 11) is 1.61. The van der Waals surface area contributed by atoms with Gasteiger partial charge in [0.1, 0.15) is 47.8 Å². The van der Waals surface area contributed by atoms with Gasteiger partial charge in [-0.25, -0.2) is 9.37 Å². The van der Waals surface area contributed by atoms with Crippen molar-refractivity contribution in [2.45, 2.75) is 109 Å². The third kappa shape index (κ3) is 10.4. The molecule has 51 heavy (non-hydrogen) atoms. The number of halogens is 1. The van der Waals surface area contributed by atoms with Crippen molar-refractivity contribution in [3.05, 3.63) is 63.7 Å². The summed E-state index contributed by atoms with van der Waals surface area (Å²) in [5.74, 6) is -1.41. The van der Waals surface area contributed by atoms with Crippen LogP contribution >= 0.6 is 11.3 Å². The van der Waals surface area contributed by atoms with E-state index in [2.05, 4.69) is 20.8 Å². The van der Waals surface area contributed by atoms with Gasteiger partial charge < -0.3 is 29.7 Å². The van der Waals surface area contributed by atoms with Crippen LogP contribution in [0.3, 0.4) is 0 Å². The van der Waals surface area contributed by atoms with Gasteiger partial charge >= 0.3 is 0 Å². The molecule has 2 aliphatic rings. The third-order valence-corrected chi connectivity index (χ3v) is 10.1. The van der Waals surface area contributed by atoms with Crippen molar-refractivity contribution in [3.63, 3.8) is 0 Å². The summed E-state index contributed by atoms with van der Waals surface area (Å²) < 4.78 is 25.8. The number of aryl methyl sites for hydroxylation is 1. The monoisotopic (exact) mass is 724 g/mol. The first-order valence-corrected chi connectivity index (χ1v) is 18.9. The van der Waals surface area contributed by atoms with Crippen LogP contribution in [0.15, 0.2) is 39.7 Å². The van der Waals surface area contributed by atoms with Crippen molar-refractivity contribution in [1.29, 1.82) is 0 Å². The van der Waals surface area contributed by atoms with Crippen molar-refractivity contribution >= 4 is 35.0 Å². The number of amides is 4. The van der Waals surface area contributed by atoms with Crippen LogP contribution in [0.2, 0.25) is 0 Å². The van der Waals surface area contributed by atoms with E-state index >= 15 is 0 Å². The minimum atomic E-state index is -0.958. The van der Waals surface area contributed by atoms with Crippen LogP contribution in [-0.4, -0.2) is 81.8 Å². The number of carbonyl (C=O) groups excluding carboxylic acids is 4. The number of benzene rings is 1. The predicted molar refractivity (Wildman–Crippen MR) is 189 cm³/mol. The summed E-state index contributed by atoms with van der Waals surface area (Å²) in [5, 5.41) is 11.8. The first-order chi connectivity index (χ1) is 24.6. The SMILES string of the molecule is CC(C)C[C@H]1NC(=O)c2ccc(F)cc2OCc2cc(on2)CCCCCCCCNC(=O)[C@H](Cc2cscn2)N(C)C(=O)[C@H]2CCCN2C1=O. The second-order valence-electron chi connectivity index (χ2n) is 13.9. The van der Waals surface area contributed by atoms with Crippen molar-refractivity contribution in [3.8, 4) is 5.75 Å². The fourth-order valence-corrected chi connectivity index (χ4v) is 7.28. The number of likely N-dealkylation sites (N-methyl/N-ethyl adjacent to an activating group) is 1. The maximum absolute atomic E-state index is 14.4. The lowest BCUT2D eigenvalue weighted by Gasteiger charge is -2.34. The largest absolute Gasteiger partial charge is 0.486 e. The molecular weight excluding hydrogens is 676 g/mol. The normalized spacial score (nSPS) is 22.3. The van der Waals surface area contributed by atoms with Crippen LogP contribution in [-0.2, 0) is 33.8 Å². The summed E-state index contributed by atoms with van der Waals surface area (Å²) in [6.07, 6.45) is 8.10. The number of nitrogens with zero attached hydrogens (tertiary/aromatic N) is 4. The number of hydrogen-bond acceptors (Lipinski definition) is 9. The molecule has 1 fully saturated rings. The molecule has 2 aliphatic heterocycles. The Bertz CT molecular complexity index is 1630. The van der Waals surface area contributed by atoms with Gasteiger partial charge in [0.15, 0.2) is 0 Å². The van der Waals surface area contributed by atoms with Crippen molar-refractivity contribution in [2.75, 3.05) is 20.1 Å². The minimum Gasteiger partial charge on any atom is -0.486 e. The molecule has 3 aromatic rings. The molecule has 0 radical (unpaired) electrons. The highest BCUT2D eigenvalue weighted by Crippen LogP contribution is 2.26. The smallest absolute Gasteiger partial charge is 0.255 e. The van der Waals surface area contributed by atoms with Gasteiger partial charge in [-0.2, -0.15) is 0 Å². The molecule has 4 heterocycles. The summed E-state index contributed by atoms with van der Waals surface area (Å²) in [6.45, 7) is 4.68. The minimum absolute atomic E-state index is 0.00881. The fourth-order valence-electron chi connectivity index (χ4n) is 6.70. The van der Waals surface area contributed by atoms with Gasteiger partial charge in [-0.15, -0.1) is 11.3 Å². The molecule has 2 aromatic heterocycles. The van der Waals surface area contributed by atoms with Crippen molar-refractivity contribution < 1.29 is 32.8 Å². The first kappa shape index (κ1) is 37.9. The Morgan fingerprint density at radius 2 is 1.80 bits per heavy atom. The standard InChI is InChI=1S/C37H49FN6O6S/c1-24(2)17-30-36(47)44-16-10-12-31(44)37(48)43(3)32(20-27-22-51-23-40-27)35(46)39-15-9-7-5-4-6-8-11-28-19-26(42-50-28)21-49-33-18-25(38)13-14-29(33)34(45)41-30/h13-14,18-19,22-24,30-32H,4-12,15-17,20-21H2,1-3H3,(H,39,46)(H,41,45)/t30-,31-,32+/m1/s1. The zero-order valence-electron chi connectivity index (χ0n) is 29.7. The highest BCUT2D eigenvalue weighted by Gasteiger charge is 2.41. The Kier molecular flexibility index (Phi) is 13.6. The van der Waals surface area contributed by atoms with Crippen LogP contribution in [0.1, 0.15) is 99.1 Å². The third-order valence-electron chi connectivity index (χ3n) is 9.46. The van der Waals surface area contributed by atoms with E-state index < -0.39 is 29.8 Å². The lowest BCUT2D eigenvalue weighted by atomic mass is 10.0. The Balaban J connectivity index is 1.40. The Labute approximate surface area is 302 Å². The van der Waals surface area contributed by atoms with Crippen LogP contribution in [0.25, 0.3) is 0 Å². The number of carbonyl (C=O) groups is 4. The summed E-state index contributed by atoms with van der Waals surface area (Å²) in [4.78, 5) is 63.0. The predicted octanol–water partition coefficient (Wildman–Crippen LogP) is 5.07. The van der Waals surface area contributed by atoms with Crippen LogP contribution in [0, 0.1) is 11.7 Å². The van der Waals surface area contributed by atoms with Crippen LogP contribution in [0.5, 0.6) is 5.75 Å². The molecule has 2 bridgehead atoms. The zero-order chi connectivity index (χ0) is 36.3. The molecule has 14 heteroatoms. The zero-order valence-corrected chi connectivity index (χ0v) is 30.5. The number of fused-ring (bicyclic) bond motifs is 4. The van der Waals surface area contributed by atoms with Gasteiger partial charge in [0.2, 0.25) is 17.7 Å².